The van der Waals surface area contributed by atoms with Gasteiger partial charge in [-0.15, -0.1) is 0 Å². The molecular weight excluding hydrogens is 762 g/mol. The maximum atomic E-state index is 13.7. The van der Waals surface area contributed by atoms with Crippen molar-refractivity contribution in [2.24, 2.45) is 13.0 Å². The van der Waals surface area contributed by atoms with E-state index in [-0.39, 0.29) is 54.7 Å². The SMILES string of the molecule is C[C@@H]1CN(CCCC2CCC(N3C(=S)N(c4ccc(C#N)c(Cl)c4)C(=O)C3(C)C)CC2)C[C@H](C)N1CC(=O)Nc1cccc2c(C3CCC(=O)NC3=O)nn(C)c12. The number of piperazine rings is 1. The Hall–Kier alpha value is -4.42. The van der Waals surface area contributed by atoms with Gasteiger partial charge >= 0.3 is 0 Å². The number of halogens is 1. The van der Waals surface area contributed by atoms with Gasteiger partial charge in [-0.3, -0.25) is 39.0 Å². The fourth-order valence-corrected chi connectivity index (χ4v) is 10.5. The first-order valence-electron chi connectivity index (χ1n) is 20.1. The van der Waals surface area contributed by atoms with Crippen molar-refractivity contribution in [3.05, 3.63) is 52.7 Å². The molecule has 2 aromatic carbocycles. The van der Waals surface area contributed by atoms with Crippen LogP contribution in [0.4, 0.5) is 11.4 Å². The molecule has 1 aromatic heterocycles. The summed E-state index contributed by atoms with van der Waals surface area (Å²) >= 11 is 12.2. The molecule has 2 N–H and O–H groups in total. The molecule has 1 unspecified atom stereocenters. The van der Waals surface area contributed by atoms with Gasteiger partial charge in [-0.25, -0.2) is 0 Å². The molecule has 7 rings (SSSR count). The Kier molecular flexibility index (Phi) is 11.8. The first kappa shape index (κ1) is 40.8. The van der Waals surface area contributed by atoms with Crippen LogP contribution in [0.2, 0.25) is 5.02 Å². The van der Waals surface area contributed by atoms with Crippen molar-refractivity contribution in [3.8, 4) is 6.07 Å². The highest BCUT2D eigenvalue weighted by Crippen LogP contribution is 2.40. The van der Waals surface area contributed by atoms with E-state index in [2.05, 4.69) is 50.3 Å². The van der Waals surface area contributed by atoms with E-state index in [1.54, 1.807) is 34.8 Å². The van der Waals surface area contributed by atoms with E-state index in [1.165, 1.54) is 0 Å². The minimum atomic E-state index is -0.776. The van der Waals surface area contributed by atoms with Crippen molar-refractivity contribution in [1.29, 1.82) is 5.26 Å². The number of imide groups is 1. The van der Waals surface area contributed by atoms with Gasteiger partial charge in [0, 0.05) is 50.1 Å². The van der Waals surface area contributed by atoms with Crippen molar-refractivity contribution in [2.45, 2.75) is 109 Å². The van der Waals surface area contributed by atoms with E-state index < -0.39 is 11.5 Å². The Balaban J connectivity index is 0.876. The number of thiocarbonyl (C=S) groups is 1. The third-order valence-electron chi connectivity index (χ3n) is 12.6. The number of fused-ring (bicyclic) bond motifs is 1. The van der Waals surface area contributed by atoms with Crippen LogP contribution in [0.1, 0.15) is 96.2 Å². The van der Waals surface area contributed by atoms with Gasteiger partial charge in [-0.05, 0) is 122 Å². The number of carbonyl (C=O) groups excluding carboxylic acids is 4. The fourth-order valence-electron chi connectivity index (χ4n) is 9.67. The van der Waals surface area contributed by atoms with Gasteiger partial charge in [0.2, 0.25) is 17.7 Å². The number of aryl methyl sites for hydroxylation is 1. The fraction of sp³-hybridized carbons (Fsp3) is 0.548. The number of nitriles is 1. The summed E-state index contributed by atoms with van der Waals surface area (Å²) in [6.45, 7) is 11.4. The average molecular weight is 814 g/mol. The molecule has 0 bridgehead atoms. The normalized spacial score (nSPS) is 25.9. The zero-order valence-electron chi connectivity index (χ0n) is 33.4. The molecule has 3 aromatic rings. The number of benzene rings is 2. The maximum absolute atomic E-state index is 13.7. The quantitative estimate of drug-likeness (QED) is 0.193. The number of nitrogens with zero attached hydrogens (tertiary/aromatic N) is 7. The monoisotopic (exact) mass is 813 g/mol. The van der Waals surface area contributed by atoms with Crippen LogP contribution in [0.5, 0.6) is 0 Å². The number of anilines is 2. The van der Waals surface area contributed by atoms with Crippen LogP contribution in [0, 0.1) is 17.2 Å². The van der Waals surface area contributed by atoms with Gasteiger partial charge in [0.1, 0.15) is 11.6 Å². The third kappa shape index (κ3) is 8.04. The van der Waals surface area contributed by atoms with E-state index in [0.717, 1.165) is 69.1 Å². The molecule has 0 spiro atoms. The molecule has 3 aliphatic heterocycles. The Morgan fingerprint density at radius 2 is 1.79 bits per heavy atom. The summed E-state index contributed by atoms with van der Waals surface area (Å²) in [5.74, 6) is -0.653. The lowest BCUT2D eigenvalue weighted by molar-refractivity contribution is -0.134. The molecule has 302 valence electrons. The zero-order chi connectivity index (χ0) is 40.8. The third-order valence-corrected chi connectivity index (χ3v) is 13.3. The van der Waals surface area contributed by atoms with Gasteiger partial charge in [-0.1, -0.05) is 23.7 Å². The number of para-hydroxylation sites is 1. The van der Waals surface area contributed by atoms with Crippen LogP contribution in [-0.2, 0) is 26.2 Å². The first-order chi connectivity index (χ1) is 27.2. The predicted molar refractivity (Wildman–Crippen MR) is 224 cm³/mol. The highest BCUT2D eigenvalue weighted by Gasteiger charge is 2.52. The average Bonchev–Trinajstić information content (AvgIpc) is 3.58. The van der Waals surface area contributed by atoms with Gasteiger partial charge < -0.3 is 15.1 Å². The minimum absolute atomic E-state index is 0.0796. The molecule has 0 radical (unpaired) electrons. The number of amides is 4. The Bertz CT molecular complexity index is 2130. The molecule has 4 heterocycles. The lowest BCUT2D eigenvalue weighted by atomic mass is 9.82. The van der Waals surface area contributed by atoms with Gasteiger partial charge in [0.25, 0.3) is 5.91 Å². The molecule has 4 fully saturated rings. The second kappa shape index (κ2) is 16.4. The molecule has 13 nitrogen and oxygen atoms in total. The molecule has 1 saturated carbocycles. The van der Waals surface area contributed by atoms with Crippen LogP contribution >= 0.6 is 23.8 Å². The van der Waals surface area contributed by atoms with E-state index in [9.17, 15) is 24.4 Å². The molecule has 1 aliphatic carbocycles. The van der Waals surface area contributed by atoms with Crippen LogP contribution < -0.4 is 15.5 Å². The summed E-state index contributed by atoms with van der Waals surface area (Å²) in [7, 11) is 1.81. The lowest BCUT2D eigenvalue weighted by Crippen LogP contribution is -2.58. The Morgan fingerprint density at radius 1 is 1.07 bits per heavy atom. The van der Waals surface area contributed by atoms with Crippen molar-refractivity contribution in [1.82, 2.24) is 29.8 Å². The second-order valence-corrected chi connectivity index (χ2v) is 17.6. The van der Waals surface area contributed by atoms with Crippen LogP contribution in [0.25, 0.3) is 10.9 Å². The van der Waals surface area contributed by atoms with Gasteiger partial charge in [-0.2, -0.15) is 10.4 Å². The van der Waals surface area contributed by atoms with Crippen molar-refractivity contribution >= 4 is 74.8 Å². The summed E-state index contributed by atoms with van der Waals surface area (Å²) in [6, 6.07) is 13.3. The molecule has 3 atom stereocenters. The first-order valence-corrected chi connectivity index (χ1v) is 20.9. The van der Waals surface area contributed by atoms with Crippen molar-refractivity contribution in [3.63, 3.8) is 0 Å². The number of hydrogen-bond acceptors (Lipinski definition) is 9. The van der Waals surface area contributed by atoms with E-state index in [1.807, 2.05) is 32.0 Å². The predicted octanol–water partition coefficient (Wildman–Crippen LogP) is 5.70. The number of piperidine rings is 1. The molecule has 4 aliphatic rings. The largest absolute Gasteiger partial charge is 0.331 e. The van der Waals surface area contributed by atoms with Crippen molar-refractivity contribution < 1.29 is 19.2 Å². The summed E-state index contributed by atoms with van der Waals surface area (Å²) in [4.78, 5) is 60.0. The molecule has 57 heavy (non-hydrogen) atoms. The number of aromatic nitrogens is 2. The molecule has 4 amide bonds. The standard InChI is InChI=1S/C42H52ClN9O4S/c1-25-22-49(19-7-8-27-11-14-29(15-12-27)52-41(57)51(40(56)42(52,3)4)30-16-13-28(21-44)33(43)20-30)23-26(2)50(25)24-36(54)45-34-10-6-9-31-37(47-48(5)38(31)34)32-17-18-35(53)46-39(32)55/h6,9-10,13,16,20,25-27,29,32H,7-8,11-12,14-15,17-19,22-24H2,1-5H3,(H,45,54)(H,46,53,55)/t25-,26+,27?,29?,32?. The van der Waals surface area contributed by atoms with E-state index in [0.29, 0.717) is 45.1 Å². The maximum Gasteiger partial charge on any atom is 0.258 e. The Labute approximate surface area is 344 Å². The van der Waals surface area contributed by atoms with Crippen molar-refractivity contribution in [2.75, 3.05) is 36.4 Å². The van der Waals surface area contributed by atoms with Crippen LogP contribution in [0.15, 0.2) is 36.4 Å². The summed E-state index contributed by atoms with van der Waals surface area (Å²) in [6.07, 6.45) is 7.11. The summed E-state index contributed by atoms with van der Waals surface area (Å²) in [5, 5.41) is 21.1. The molecular formula is C42H52ClN9O4S. The number of carbonyl (C=O) groups is 4. The second-order valence-electron chi connectivity index (χ2n) is 16.8. The smallest absolute Gasteiger partial charge is 0.258 e. The number of nitrogens with one attached hydrogen (secondary N) is 2. The van der Waals surface area contributed by atoms with Crippen LogP contribution in [-0.4, -0.2) is 103 Å². The molecule has 3 saturated heterocycles. The number of hydrogen-bond donors (Lipinski definition) is 2. The number of rotatable bonds is 10. The summed E-state index contributed by atoms with van der Waals surface area (Å²) in [5.41, 5.74) is 2.19. The van der Waals surface area contributed by atoms with E-state index >= 15 is 0 Å². The highest BCUT2D eigenvalue weighted by atomic mass is 35.5. The minimum Gasteiger partial charge on any atom is -0.331 e. The van der Waals surface area contributed by atoms with Gasteiger partial charge in [0.15, 0.2) is 5.11 Å². The lowest BCUT2D eigenvalue weighted by Gasteiger charge is -2.44. The topological polar surface area (TPSA) is 147 Å². The Morgan fingerprint density at radius 3 is 2.46 bits per heavy atom. The zero-order valence-corrected chi connectivity index (χ0v) is 35.0. The van der Waals surface area contributed by atoms with Crippen LogP contribution in [0.3, 0.4) is 0 Å². The highest BCUT2D eigenvalue weighted by molar-refractivity contribution is 7.80. The van der Waals surface area contributed by atoms with Gasteiger partial charge in [0.05, 0.1) is 45.6 Å². The summed E-state index contributed by atoms with van der Waals surface area (Å²) < 4.78 is 1.70. The molecule has 15 heteroatoms. The van der Waals surface area contributed by atoms with E-state index in [4.69, 9.17) is 23.8 Å².